The van der Waals surface area contributed by atoms with Gasteiger partial charge < -0.3 is 44.8 Å². The number of allylic oxidation sites excluding steroid dienone is 1. The molecule has 3 aliphatic rings. The minimum absolute atomic E-state index is 0.0448. The summed E-state index contributed by atoms with van der Waals surface area (Å²) in [5.41, 5.74) is 0.583. The lowest BCUT2D eigenvalue weighted by Crippen LogP contribution is -2.60. The smallest absolute Gasteiger partial charge is 0.335 e. The minimum atomic E-state index is -1.61. The Kier molecular flexibility index (Phi) is 5.63. The number of hydrogen-bond acceptors (Lipinski definition) is 9. The van der Waals surface area contributed by atoms with E-state index in [2.05, 4.69) is 0 Å². The van der Waals surface area contributed by atoms with Crippen molar-refractivity contribution in [2.24, 2.45) is 11.8 Å². The molecule has 10 nitrogen and oxygen atoms in total. The number of aliphatic hydroxyl groups is 5. The van der Waals surface area contributed by atoms with E-state index in [4.69, 9.17) is 14.2 Å². The van der Waals surface area contributed by atoms with E-state index in [1.54, 1.807) is 6.08 Å². The fourth-order valence-electron chi connectivity index (χ4n) is 3.62. The Morgan fingerprint density at radius 1 is 1.15 bits per heavy atom. The average molecular weight is 374 g/mol. The lowest BCUT2D eigenvalue weighted by Gasteiger charge is -2.42. The third kappa shape index (κ3) is 3.25. The maximum Gasteiger partial charge on any atom is 0.335 e. The topological polar surface area (TPSA) is 166 Å². The van der Waals surface area contributed by atoms with Crippen LogP contribution in [0.5, 0.6) is 0 Å². The zero-order valence-corrected chi connectivity index (χ0v) is 13.7. The molecule has 0 aromatic heterocycles. The van der Waals surface area contributed by atoms with E-state index in [1.165, 1.54) is 0 Å². The van der Waals surface area contributed by atoms with Gasteiger partial charge in [0.15, 0.2) is 6.29 Å². The molecule has 146 valence electrons. The lowest BCUT2D eigenvalue weighted by atomic mass is 9.83. The second kappa shape index (κ2) is 7.61. The van der Waals surface area contributed by atoms with E-state index in [-0.39, 0.29) is 12.2 Å². The van der Waals surface area contributed by atoms with Gasteiger partial charge in [-0.2, -0.15) is 0 Å². The fraction of sp³-hybridized carbons (Fsp3) is 0.688. The molecular weight excluding hydrogens is 352 g/mol. The molecule has 1 fully saturated rings. The van der Waals surface area contributed by atoms with Gasteiger partial charge in [-0.1, -0.05) is 6.08 Å². The first-order valence-electron chi connectivity index (χ1n) is 8.23. The van der Waals surface area contributed by atoms with Gasteiger partial charge in [0, 0.05) is 5.92 Å². The van der Waals surface area contributed by atoms with Crippen molar-refractivity contribution in [1.29, 1.82) is 0 Å². The highest BCUT2D eigenvalue weighted by molar-refractivity contribution is 5.87. The molecule has 2 aliphatic heterocycles. The Morgan fingerprint density at radius 2 is 1.88 bits per heavy atom. The number of carboxylic acid groups (broad SMARTS) is 1. The first-order chi connectivity index (χ1) is 12.4. The van der Waals surface area contributed by atoms with Gasteiger partial charge in [0.25, 0.3) is 0 Å². The molecule has 1 aliphatic carbocycles. The van der Waals surface area contributed by atoms with E-state index in [0.29, 0.717) is 12.0 Å². The maximum atomic E-state index is 11.4. The number of ether oxygens (including phenoxy) is 3. The first-order valence-corrected chi connectivity index (χ1v) is 8.23. The van der Waals surface area contributed by atoms with Crippen molar-refractivity contribution in [1.82, 2.24) is 0 Å². The summed E-state index contributed by atoms with van der Waals surface area (Å²) in [6.45, 7) is -0.917. The van der Waals surface area contributed by atoms with Gasteiger partial charge >= 0.3 is 5.97 Å². The Balaban J connectivity index is 1.80. The van der Waals surface area contributed by atoms with Crippen LogP contribution in [0, 0.1) is 11.8 Å². The number of aliphatic carboxylic acids is 1. The molecule has 0 aromatic carbocycles. The van der Waals surface area contributed by atoms with Crippen LogP contribution in [0.4, 0.5) is 0 Å². The lowest BCUT2D eigenvalue weighted by molar-refractivity contribution is -0.339. The molecule has 26 heavy (non-hydrogen) atoms. The number of aliphatic hydroxyl groups excluding tert-OH is 5. The fourth-order valence-corrected chi connectivity index (χ4v) is 3.62. The molecule has 0 radical (unpaired) electrons. The van der Waals surface area contributed by atoms with Crippen molar-refractivity contribution in [3.63, 3.8) is 0 Å². The summed E-state index contributed by atoms with van der Waals surface area (Å²) in [5.74, 6) is -2.22. The highest BCUT2D eigenvalue weighted by Gasteiger charge is 2.49. The molecule has 0 amide bonds. The monoisotopic (exact) mass is 374 g/mol. The van der Waals surface area contributed by atoms with Gasteiger partial charge in [-0.05, 0) is 12.0 Å². The van der Waals surface area contributed by atoms with Gasteiger partial charge in [0.2, 0.25) is 6.29 Å². The van der Waals surface area contributed by atoms with E-state index in [1.807, 2.05) is 0 Å². The number of hydrogen-bond donors (Lipinski definition) is 6. The summed E-state index contributed by atoms with van der Waals surface area (Å²) in [4.78, 5) is 11.4. The Hall–Kier alpha value is -1.53. The van der Waals surface area contributed by atoms with Crippen LogP contribution in [0.2, 0.25) is 0 Å². The van der Waals surface area contributed by atoms with E-state index >= 15 is 0 Å². The van der Waals surface area contributed by atoms with Gasteiger partial charge in [0.1, 0.15) is 24.4 Å². The third-order valence-electron chi connectivity index (χ3n) is 5.06. The number of rotatable bonds is 5. The van der Waals surface area contributed by atoms with Crippen LogP contribution in [-0.4, -0.2) is 86.8 Å². The number of fused-ring (bicyclic) bond motifs is 1. The number of carbonyl (C=O) groups is 1. The zero-order chi connectivity index (χ0) is 19.0. The van der Waals surface area contributed by atoms with Crippen molar-refractivity contribution in [3.05, 3.63) is 23.5 Å². The quantitative estimate of drug-likeness (QED) is 0.288. The molecule has 10 heteroatoms. The summed E-state index contributed by atoms with van der Waals surface area (Å²) in [7, 11) is 0. The van der Waals surface area contributed by atoms with Crippen LogP contribution in [0.1, 0.15) is 6.42 Å². The van der Waals surface area contributed by atoms with Crippen molar-refractivity contribution in [2.45, 2.75) is 43.4 Å². The van der Waals surface area contributed by atoms with Crippen LogP contribution >= 0.6 is 0 Å². The molecule has 2 heterocycles. The molecule has 8 atom stereocenters. The Morgan fingerprint density at radius 3 is 2.50 bits per heavy atom. The zero-order valence-electron chi connectivity index (χ0n) is 13.7. The van der Waals surface area contributed by atoms with Gasteiger partial charge in [-0.25, -0.2) is 4.79 Å². The molecule has 1 saturated heterocycles. The van der Waals surface area contributed by atoms with Crippen LogP contribution in [0.25, 0.3) is 0 Å². The molecule has 6 N–H and O–H groups in total. The predicted molar refractivity (Wildman–Crippen MR) is 82.2 cm³/mol. The summed E-state index contributed by atoms with van der Waals surface area (Å²) >= 11 is 0. The molecule has 3 rings (SSSR count). The molecular formula is C16H22O10. The van der Waals surface area contributed by atoms with Gasteiger partial charge in [-0.15, -0.1) is 0 Å². The van der Waals surface area contributed by atoms with Crippen molar-refractivity contribution in [3.8, 4) is 0 Å². The van der Waals surface area contributed by atoms with Crippen LogP contribution in [0.3, 0.4) is 0 Å². The second-order valence-corrected chi connectivity index (χ2v) is 6.52. The molecule has 0 aromatic rings. The minimum Gasteiger partial charge on any atom is -0.478 e. The van der Waals surface area contributed by atoms with E-state index < -0.39 is 61.4 Å². The normalized spacial score (nSPS) is 42.5. The predicted octanol–water partition coefficient (Wildman–Crippen LogP) is -2.32. The maximum absolute atomic E-state index is 11.4. The third-order valence-corrected chi connectivity index (χ3v) is 5.06. The van der Waals surface area contributed by atoms with Crippen LogP contribution in [-0.2, 0) is 19.0 Å². The summed E-state index contributed by atoms with van der Waals surface area (Å²) in [6.07, 6.45) is -5.21. The first kappa shape index (κ1) is 19.2. The average Bonchev–Trinajstić information content (AvgIpc) is 3.06. The SMILES string of the molecule is O=C(O)C1=CO[C@H](O[C@@H]2O[C@H](CO)[C@@H](O)[C@H](O)[C@H]2O)[C@H]2C(CO)=CC[C@@H]12. The number of carboxylic acids is 1. The van der Waals surface area contributed by atoms with E-state index in [0.717, 1.165) is 6.26 Å². The molecule has 0 unspecified atom stereocenters. The van der Waals surface area contributed by atoms with Crippen molar-refractivity contribution >= 4 is 5.97 Å². The second-order valence-electron chi connectivity index (χ2n) is 6.52. The Labute approximate surface area is 148 Å². The van der Waals surface area contributed by atoms with E-state index in [9.17, 15) is 35.4 Å². The van der Waals surface area contributed by atoms with Gasteiger partial charge in [0.05, 0.1) is 31.0 Å². The largest absolute Gasteiger partial charge is 0.478 e. The molecule has 0 saturated carbocycles. The van der Waals surface area contributed by atoms with Crippen molar-refractivity contribution < 1.29 is 49.6 Å². The standard InChI is InChI=1S/C16H22O10/c17-3-6-1-2-7-8(14(22)23)5-24-15(10(6)7)26-16-13(21)12(20)11(19)9(4-18)25-16/h1,5,7,9-13,15-21H,2-4H2,(H,22,23)/t7-,9+,10-,11+,12-,13+,15+,16-/m0/s1. The summed E-state index contributed by atoms with van der Waals surface area (Å²) in [6, 6.07) is 0. The summed E-state index contributed by atoms with van der Waals surface area (Å²) in [5, 5.41) is 57.8. The van der Waals surface area contributed by atoms with Crippen LogP contribution < -0.4 is 0 Å². The summed E-state index contributed by atoms with van der Waals surface area (Å²) < 4.78 is 16.3. The highest BCUT2D eigenvalue weighted by Crippen LogP contribution is 2.44. The van der Waals surface area contributed by atoms with Gasteiger partial charge in [-0.3, -0.25) is 0 Å². The Bertz CT molecular complexity index is 600. The van der Waals surface area contributed by atoms with Crippen molar-refractivity contribution in [2.75, 3.05) is 13.2 Å². The highest BCUT2D eigenvalue weighted by atomic mass is 16.8. The molecule has 0 bridgehead atoms. The van der Waals surface area contributed by atoms with Crippen LogP contribution in [0.15, 0.2) is 23.5 Å². The molecule has 0 spiro atoms.